The molecule has 0 aromatic carbocycles. The Morgan fingerprint density at radius 1 is 1.36 bits per heavy atom. The van der Waals surface area contributed by atoms with Gasteiger partial charge >= 0.3 is 5.97 Å². The number of nitrogens with zero attached hydrogens (tertiary/aromatic N) is 4. The van der Waals surface area contributed by atoms with Gasteiger partial charge in [0.2, 0.25) is 0 Å². The molecule has 0 aliphatic heterocycles. The highest BCUT2D eigenvalue weighted by Crippen LogP contribution is 2.04. The zero-order valence-electron chi connectivity index (χ0n) is 12.3. The summed E-state index contributed by atoms with van der Waals surface area (Å²) in [6.07, 6.45) is 3.13. The third-order valence-corrected chi connectivity index (χ3v) is 3.04. The third-order valence-electron chi connectivity index (χ3n) is 3.04. The maximum atomic E-state index is 12.0. The number of rotatable bonds is 6. The quantitative estimate of drug-likeness (QED) is 0.807. The van der Waals surface area contributed by atoms with E-state index >= 15 is 0 Å². The second kappa shape index (κ2) is 6.79. The maximum Gasteiger partial charge on any atom is 0.326 e. The molecule has 0 saturated carbocycles. The van der Waals surface area contributed by atoms with Gasteiger partial charge in [-0.3, -0.25) is 9.78 Å². The van der Waals surface area contributed by atoms with Crippen molar-refractivity contribution in [2.75, 3.05) is 0 Å². The molecule has 2 heterocycles. The van der Waals surface area contributed by atoms with Crippen LogP contribution in [0.2, 0.25) is 0 Å². The van der Waals surface area contributed by atoms with E-state index in [1.807, 2.05) is 18.2 Å². The maximum absolute atomic E-state index is 12.0. The molecule has 2 N–H and O–H groups in total. The van der Waals surface area contributed by atoms with Crippen molar-refractivity contribution in [1.29, 1.82) is 0 Å². The fourth-order valence-corrected chi connectivity index (χ4v) is 1.87. The van der Waals surface area contributed by atoms with Crippen LogP contribution in [0.4, 0.5) is 0 Å². The SMILES string of the molecule is CC(C)[C@H](NC(=O)c1cn(Cc2ccccn2)nn1)C(=O)O. The van der Waals surface area contributed by atoms with E-state index < -0.39 is 17.9 Å². The molecule has 0 saturated heterocycles. The van der Waals surface area contributed by atoms with E-state index in [9.17, 15) is 9.59 Å². The molecule has 0 aliphatic rings. The van der Waals surface area contributed by atoms with Gasteiger partial charge in [-0.2, -0.15) is 0 Å². The second-order valence-corrected chi connectivity index (χ2v) is 5.16. The Labute approximate surface area is 127 Å². The molecule has 2 rings (SSSR count). The van der Waals surface area contributed by atoms with Gasteiger partial charge in [-0.25, -0.2) is 9.48 Å². The van der Waals surface area contributed by atoms with Gasteiger partial charge in [-0.15, -0.1) is 5.10 Å². The van der Waals surface area contributed by atoms with Crippen LogP contribution < -0.4 is 5.32 Å². The lowest BCUT2D eigenvalue weighted by Crippen LogP contribution is -2.44. The predicted octanol–water partition coefficient (Wildman–Crippen LogP) is 0.560. The zero-order valence-corrected chi connectivity index (χ0v) is 12.3. The van der Waals surface area contributed by atoms with E-state index in [1.165, 1.54) is 10.9 Å². The van der Waals surface area contributed by atoms with Gasteiger partial charge in [0.05, 0.1) is 18.4 Å². The normalized spacial score (nSPS) is 12.1. The van der Waals surface area contributed by atoms with Crippen LogP contribution in [-0.2, 0) is 11.3 Å². The molecular weight excluding hydrogens is 286 g/mol. The lowest BCUT2D eigenvalue weighted by atomic mass is 10.0. The Hall–Kier alpha value is -2.77. The van der Waals surface area contributed by atoms with Gasteiger partial charge in [0.25, 0.3) is 5.91 Å². The Bertz CT molecular complexity index is 654. The summed E-state index contributed by atoms with van der Waals surface area (Å²) in [7, 11) is 0. The van der Waals surface area contributed by atoms with Crippen molar-refractivity contribution in [3.8, 4) is 0 Å². The van der Waals surface area contributed by atoms with Crippen LogP contribution in [-0.4, -0.2) is 43.0 Å². The van der Waals surface area contributed by atoms with Gasteiger partial charge < -0.3 is 10.4 Å². The summed E-state index contributed by atoms with van der Waals surface area (Å²) < 4.78 is 1.47. The van der Waals surface area contributed by atoms with E-state index in [0.29, 0.717) is 6.54 Å². The fourth-order valence-electron chi connectivity index (χ4n) is 1.87. The van der Waals surface area contributed by atoms with E-state index in [2.05, 4.69) is 20.6 Å². The zero-order chi connectivity index (χ0) is 16.1. The molecule has 0 fully saturated rings. The van der Waals surface area contributed by atoms with Crippen LogP contribution in [0, 0.1) is 5.92 Å². The van der Waals surface area contributed by atoms with Crippen molar-refractivity contribution in [2.45, 2.75) is 26.4 Å². The minimum absolute atomic E-state index is 0.0721. The first kappa shape index (κ1) is 15.6. The monoisotopic (exact) mass is 303 g/mol. The van der Waals surface area contributed by atoms with Crippen LogP contribution >= 0.6 is 0 Å². The first-order chi connectivity index (χ1) is 10.5. The molecule has 0 aliphatic carbocycles. The minimum atomic E-state index is -1.08. The van der Waals surface area contributed by atoms with E-state index in [-0.39, 0.29) is 11.6 Å². The molecule has 2 aromatic rings. The van der Waals surface area contributed by atoms with Gasteiger partial charge in [-0.1, -0.05) is 25.1 Å². The molecule has 8 nitrogen and oxygen atoms in total. The number of aromatic nitrogens is 4. The molecular formula is C14H17N5O3. The van der Waals surface area contributed by atoms with Crippen molar-refractivity contribution in [3.63, 3.8) is 0 Å². The summed E-state index contributed by atoms with van der Waals surface area (Å²) in [5.41, 5.74) is 0.854. The number of hydrogen-bond acceptors (Lipinski definition) is 5. The lowest BCUT2D eigenvalue weighted by molar-refractivity contribution is -0.140. The van der Waals surface area contributed by atoms with E-state index in [0.717, 1.165) is 5.69 Å². The van der Waals surface area contributed by atoms with Gasteiger partial charge in [-0.05, 0) is 18.1 Å². The fraction of sp³-hybridized carbons (Fsp3) is 0.357. The number of aliphatic carboxylic acids is 1. The van der Waals surface area contributed by atoms with Gasteiger partial charge in [0.1, 0.15) is 6.04 Å². The average Bonchev–Trinajstić information content (AvgIpc) is 2.93. The van der Waals surface area contributed by atoms with Gasteiger partial charge in [0, 0.05) is 6.20 Å². The molecule has 0 bridgehead atoms. The molecule has 2 aromatic heterocycles. The van der Waals surface area contributed by atoms with Crippen molar-refractivity contribution in [3.05, 3.63) is 42.0 Å². The molecule has 22 heavy (non-hydrogen) atoms. The van der Waals surface area contributed by atoms with Crippen LogP contribution in [0.5, 0.6) is 0 Å². The van der Waals surface area contributed by atoms with E-state index in [1.54, 1.807) is 20.0 Å². The topological polar surface area (TPSA) is 110 Å². The highest BCUT2D eigenvalue weighted by atomic mass is 16.4. The first-order valence-electron chi connectivity index (χ1n) is 6.81. The first-order valence-corrected chi connectivity index (χ1v) is 6.81. The summed E-state index contributed by atoms with van der Waals surface area (Å²) in [6.45, 7) is 3.82. The molecule has 0 radical (unpaired) electrons. The largest absolute Gasteiger partial charge is 0.480 e. The lowest BCUT2D eigenvalue weighted by Gasteiger charge is -2.16. The number of carboxylic acids is 1. The summed E-state index contributed by atoms with van der Waals surface area (Å²) in [6, 6.07) is 4.53. The molecule has 8 heteroatoms. The summed E-state index contributed by atoms with van der Waals surface area (Å²) in [5.74, 6) is -1.87. The average molecular weight is 303 g/mol. The van der Waals surface area contributed by atoms with Crippen LogP contribution in [0.15, 0.2) is 30.6 Å². The molecule has 1 amide bonds. The van der Waals surface area contributed by atoms with Crippen molar-refractivity contribution in [2.24, 2.45) is 5.92 Å². The Kier molecular flexibility index (Phi) is 4.82. The number of pyridine rings is 1. The smallest absolute Gasteiger partial charge is 0.326 e. The highest BCUT2D eigenvalue weighted by Gasteiger charge is 2.25. The number of nitrogens with one attached hydrogen (secondary N) is 1. The second-order valence-electron chi connectivity index (χ2n) is 5.16. The molecule has 0 spiro atoms. The number of hydrogen-bond donors (Lipinski definition) is 2. The van der Waals surface area contributed by atoms with Crippen molar-refractivity contribution < 1.29 is 14.7 Å². The standard InChI is InChI=1S/C14H17N5O3/c1-9(2)12(14(21)22)16-13(20)11-8-19(18-17-11)7-10-5-3-4-6-15-10/h3-6,8-9,12H,7H2,1-2H3,(H,16,20)(H,21,22)/t12-/m0/s1. The van der Waals surface area contributed by atoms with Crippen molar-refractivity contribution >= 4 is 11.9 Å². The number of carboxylic acid groups (broad SMARTS) is 1. The van der Waals surface area contributed by atoms with Crippen LogP contribution in [0.25, 0.3) is 0 Å². The predicted molar refractivity (Wildman–Crippen MR) is 77.1 cm³/mol. The third kappa shape index (κ3) is 3.87. The minimum Gasteiger partial charge on any atom is -0.480 e. The number of carbonyl (C=O) groups is 2. The van der Waals surface area contributed by atoms with Crippen molar-refractivity contribution in [1.82, 2.24) is 25.3 Å². The Morgan fingerprint density at radius 2 is 2.14 bits per heavy atom. The summed E-state index contributed by atoms with van der Waals surface area (Å²) in [4.78, 5) is 27.3. The molecule has 116 valence electrons. The highest BCUT2D eigenvalue weighted by molar-refractivity contribution is 5.94. The van der Waals surface area contributed by atoms with Gasteiger partial charge in [0.15, 0.2) is 5.69 Å². The summed E-state index contributed by atoms with van der Waals surface area (Å²) >= 11 is 0. The Balaban J connectivity index is 2.04. The Morgan fingerprint density at radius 3 is 2.73 bits per heavy atom. The number of amides is 1. The van der Waals surface area contributed by atoms with Crippen LogP contribution in [0.1, 0.15) is 30.0 Å². The van der Waals surface area contributed by atoms with Crippen LogP contribution in [0.3, 0.4) is 0 Å². The number of carbonyl (C=O) groups excluding carboxylic acids is 1. The molecule has 1 atom stereocenters. The summed E-state index contributed by atoms with van der Waals surface area (Å²) in [5, 5.41) is 19.1. The molecule has 0 unspecified atom stereocenters. The van der Waals surface area contributed by atoms with E-state index in [4.69, 9.17) is 5.11 Å².